The maximum absolute atomic E-state index is 13.1. The van der Waals surface area contributed by atoms with Crippen molar-refractivity contribution in [3.05, 3.63) is 42.1 Å². The van der Waals surface area contributed by atoms with Crippen molar-refractivity contribution in [2.45, 2.75) is 18.9 Å². The molecule has 7 nitrogen and oxygen atoms in total. The third-order valence-electron chi connectivity index (χ3n) is 4.65. The standard InChI is InChI=1S/C20H27N5O2/c1-24(2)11-12-25(14-17-4-3-13-27-17)19(26)16-7-5-15(6-8-16)18-9-10-22-20(21)23-18/h5-10,17H,3-4,11-14H2,1-2H3,(H2,21,22,23). The number of benzene rings is 1. The maximum atomic E-state index is 13.1. The summed E-state index contributed by atoms with van der Waals surface area (Å²) in [5.74, 6) is 0.264. The minimum absolute atomic E-state index is 0.0288. The van der Waals surface area contributed by atoms with Crippen LogP contribution in [0, 0.1) is 0 Å². The Bertz CT molecular complexity index is 757. The molecule has 1 aliphatic rings. The van der Waals surface area contributed by atoms with Crippen LogP contribution in [-0.2, 0) is 4.74 Å². The van der Waals surface area contributed by atoms with E-state index in [1.165, 1.54) is 0 Å². The summed E-state index contributed by atoms with van der Waals surface area (Å²) in [6.07, 6.45) is 3.84. The number of anilines is 1. The highest BCUT2D eigenvalue weighted by molar-refractivity contribution is 5.94. The molecule has 0 aliphatic carbocycles. The van der Waals surface area contributed by atoms with Crippen LogP contribution >= 0.6 is 0 Å². The van der Waals surface area contributed by atoms with E-state index in [2.05, 4.69) is 14.9 Å². The number of hydrogen-bond donors (Lipinski definition) is 1. The molecule has 144 valence electrons. The largest absolute Gasteiger partial charge is 0.376 e. The van der Waals surface area contributed by atoms with Gasteiger partial charge in [-0.3, -0.25) is 4.79 Å². The summed E-state index contributed by atoms with van der Waals surface area (Å²) in [6.45, 7) is 2.92. The van der Waals surface area contributed by atoms with Crippen LogP contribution in [0.2, 0.25) is 0 Å². The fourth-order valence-corrected chi connectivity index (χ4v) is 3.13. The number of hydrogen-bond acceptors (Lipinski definition) is 6. The molecule has 2 N–H and O–H groups in total. The molecule has 1 amide bonds. The predicted octanol–water partition coefficient (Wildman–Crippen LogP) is 1.91. The zero-order chi connectivity index (χ0) is 19.2. The van der Waals surface area contributed by atoms with Gasteiger partial charge in [-0.2, -0.15) is 0 Å². The number of aromatic nitrogens is 2. The summed E-state index contributed by atoms with van der Waals surface area (Å²) in [7, 11) is 4.02. The van der Waals surface area contributed by atoms with Gasteiger partial charge in [-0.15, -0.1) is 0 Å². The van der Waals surface area contributed by atoms with E-state index in [1.54, 1.807) is 12.3 Å². The van der Waals surface area contributed by atoms with E-state index >= 15 is 0 Å². The second kappa shape index (κ2) is 8.92. The van der Waals surface area contributed by atoms with Crippen molar-refractivity contribution in [2.75, 3.05) is 46.1 Å². The number of amides is 1. The number of ether oxygens (including phenoxy) is 1. The van der Waals surface area contributed by atoms with E-state index in [9.17, 15) is 4.79 Å². The van der Waals surface area contributed by atoms with Gasteiger partial charge in [0.15, 0.2) is 0 Å². The molecule has 2 heterocycles. The topological polar surface area (TPSA) is 84.6 Å². The van der Waals surface area contributed by atoms with Crippen LogP contribution in [0.25, 0.3) is 11.3 Å². The van der Waals surface area contributed by atoms with Gasteiger partial charge in [0.05, 0.1) is 11.8 Å². The molecule has 1 atom stereocenters. The quantitative estimate of drug-likeness (QED) is 0.802. The number of likely N-dealkylation sites (N-methyl/N-ethyl adjacent to an activating group) is 1. The lowest BCUT2D eigenvalue weighted by Crippen LogP contribution is -2.41. The first-order chi connectivity index (χ1) is 13.0. The third kappa shape index (κ3) is 5.24. The Morgan fingerprint density at radius 3 is 2.63 bits per heavy atom. The van der Waals surface area contributed by atoms with Gasteiger partial charge in [-0.25, -0.2) is 9.97 Å². The van der Waals surface area contributed by atoms with Crippen molar-refractivity contribution >= 4 is 11.9 Å². The zero-order valence-corrected chi connectivity index (χ0v) is 16.0. The fraction of sp³-hybridized carbons (Fsp3) is 0.450. The summed E-state index contributed by atoms with van der Waals surface area (Å²) in [5.41, 5.74) is 7.96. The molecule has 0 spiro atoms. The average molecular weight is 369 g/mol. The molecule has 1 aliphatic heterocycles. The van der Waals surface area contributed by atoms with Gasteiger partial charge in [0.2, 0.25) is 5.95 Å². The lowest BCUT2D eigenvalue weighted by Gasteiger charge is -2.27. The molecule has 2 aromatic rings. The van der Waals surface area contributed by atoms with Gasteiger partial charge in [0.1, 0.15) is 0 Å². The normalized spacial score (nSPS) is 16.6. The fourth-order valence-electron chi connectivity index (χ4n) is 3.13. The number of carbonyl (C=O) groups excluding carboxylic acids is 1. The van der Waals surface area contributed by atoms with Crippen LogP contribution in [0.3, 0.4) is 0 Å². The summed E-state index contributed by atoms with van der Waals surface area (Å²) in [6, 6.07) is 9.27. The van der Waals surface area contributed by atoms with Crippen LogP contribution in [0.1, 0.15) is 23.2 Å². The first-order valence-corrected chi connectivity index (χ1v) is 9.27. The average Bonchev–Trinajstić information content (AvgIpc) is 3.18. The molecule has 0 saturated carbocycles. The number of nitrogens with two attached hydrogens (primary N) is 1. The summed E-state index contributed by atoms with van der Waals surface area (Å²) in [4.78, 5) is 25.2. The Hall–Kier alpha value is -2.51. The molecule has 0 radical (unpaired) electrons. The molecule has 1 aromatic carbocycles. The van der Waals surface area contributed by atoms with Crippen molar-refractivity contribution < 1.29 is 9.53 Å². The van der Waals surface area contributed by atoms with Gasteiger partial charge < -0.3 is 20.3 Å². The van der Waals surface area contributed by atoms with Gasteiger partial charge in [0.25, 0.3) is 5.91 Å². The molecule has 1 aromatic heterocycles. The minimum Gasteiger partial charge on any atom is -0.376 e. The first-order valence-electron chi connectivity index (χ1n) is 9.27. The summed E-state index contributed by atoms with van der Waals surface area (Å²) < 4.78 is 5.73. The third-order valence-corrected chi connectivity index (χ3v) is 4.65. The van der Waals surface area contributed by atoms with E-state index < -0.39 is 0 Å². The Morgan fingerprint density at radius 1 is 1.22 bits per heavy atom. The number of carbonyl (C=O) groups is 1. The first kappa shape index (κ1) is 19.3. The predicted molar refractivity (Wildman–Crippen MR) is 105 cm³/mol. The summed E-state index contributed by atoms with van der Waals surface area (Å²) in [5, 5.41) is 0. The van der Waals surface area contributed by atoms with Crippen LogP contribution < -0.4 is 5.73 Å². The van der Waals surface area contributed by atoms with Gasteiger partial charge in [-0.05, 0) is 45.1 Å². The van der Waals surface area contributed by atoms with Gasteiger partial charge in [-0.1, -0.05) is 12.1 Å². The Labute approximate surface area is 160 Å². The second-order valence-electron chi connectivity index (χ2n) is 7.07. The molecule has 1 saturated heterocycles. The van der Waals surface area contributed by atoms with Crippen LogP contribution in [-0.4, -0.2) is 72.1 Å². The van der Waals surface area contributed by atoms with Crippen molar-refractivity contribution in [2.24, 2.45) is 0 Å². The molecular formula is C20H27N5O2. The number of rotatable bonds is 7. The smallest absolute Gasteiger partial charge is 0.253 e. The van der Waals surface area contributed by atoms with E-state index in [-0.39, 0.29) is 18.0 Å². The number of nitrogen functional groups attached to an aromatic ring is 1. The summed E-state index contributed by atoms with van der Waals surface area (Å²) >= 11 is 0. The van der Waals surface area contributed by atoms with Crippen molar-refractivity contribution in [3.8, 4) is 11.3 Å². The molecule has 27 heavy (non-hydrogen) atoms. The van der Waals surface area contributed by atoms with Crippen LogP contribution in [0.5, 0.6) is 0 Å². The highest BCUT2D eigenvalue weighted by Crippen LogP contribution is 2.19. The van der Waals surface area contributed by atoms with E-state index in [0.717, 1.165) is 37.3 Å². The molecule has 7 heteroatoms. The Balaban J connectivity index is 1.73. The highest BCUT2D eigenvalue weighted by Gasteiger charge is 2.23. The minimum atomic E-state index is 0.0288. The van der Waals surface area contributed by atoms with E-state index in [0.29, 0.717) is 18.7 Å². The molecule has 0 bridgehead atoms. The number of nitrogens with zero attached hydrogens (tertiary/aromatic N) is 4. The maximum Gasteiger partial charge on any atom is 0.253 e. The highest BCUT2D eigenvalue weighted by atomic mass is 16.5. The molecular weight excluding hydrogens is 342 g/mol. The lowest BCUT2D eigenvalue weighted by molar-refractivity contribution is 0.0512. The van der Waals surface area contributed by atoms with Crippen molar-refractivity contribution in [3.63, 3.8) is 0 Å². The Morgan fingerprint density at radius 2 is 2.00 bits per heavy atom. The second-order valence-corrected chi connectivity index (χ2v) is 7.07. The SMILES string of the molecule is CN(C)CCN(CC1CCCO1)C(=O)c1ccc(-c2ccnc(N)n2)cc1. The van der Waals surface area contributed by atoms with E-state index in [1.807, 2.05) is 43.3 Å². The van der Waals surface area contributed by atoms with E-state index in [4.69, 9.17) is 10.5 Å². The van der Waals surface area contributed by atoms with Gasteiger partial charge >= 0.3 is 0 Å². The monoisotopic (exact) mass is 369 g/mol. The molecule has 1 unspecified atom stereocenters. The van der Waals surface area contributed by atoms with Crippen molar-refractivity contribution in [1.29, 1.82) is 0 Å². The van der Waals surface area contributed by atoms with Gasteiger partial charge in [0, 0.05) is 43.6 Å². The molecule has 3 rings (SSSR count). The van der Waals surface area contributed by atoms with Crippen LogP contribution in [0.15, 0.2) is 36.5 Å². The lowest BCUT2D eigenvalue weighted by atomic mass is 10.1. The van der Waals surface area contributed by atoms with Crippen LogP contribution in [0.4, 0.5) is 5.95 Å². The Kier molecular flexibility index (Phi) is 6.36. The van der Waals surface area contributed by atoms with Crippen molar-refractivity contribution in [1.82, 2.24) is 19.8 Å². The molecule has 1 fully saturated rings. The zero-order valence-electron chi connectivity index (χ0n) is 16.0.